The summed E-state index contributed by atoms with van der Waals surface area (Å²) in [6.07, 6.45) is 3.97. The van der Waals surface area contributed by atoms with Crippen LogP contribution in [0, 0.1) is 5.41 Å². The third-order valence-corrected chi connectivity index (χ3v) is 5.22. The van der Waals surface area contributed by atoms with Gasteiger partial charge in [0.1, 0.15) is 5.82 Å². The molecule has 120 valence electrons. The normalized spacial score (nSPS) is 24.0. The van der Waals surface area contributed by atoms with Gasteiger partial charge >= 0.3 is 6.03 Å². The van der Waals surface area contributed by atoms with Crippen molar-refractivity contribution >= 4 is 33.5 Å². The highest BCUT2D eigenvalue weighted by molar-refractivity contribution is 9.10. The standard InChI is InChI=1S/C15H22BrN5O/c1-20(2)12-7-13(18-8-11(12)16)19-14(22)21-6-4-15(10-21)3-5-17-9-15/h7-8,17H,3-6,9-10H2,1-2H3,(H,18,19,22). The van der Waals surface area contributed by atoms with Gasteiger partial charge in [-0.2, -0.15) is 0 Å². The molecular weight excluding hydrogens is 346 g/mol. The number of amides is 2. The Morgan fingerprint density at radius 1 is 1.50 bits per heavy atom. The number of nitrogens with one attached hydrogen (secondary N) is 2. The van der Waals surface area contributed by atoms with Crippen LogP contribution < -0.4 is 15.5 Å². The molecule has 2 aliphatic rings. The lowest BCUT2D eigenvalue weighted by Gasteiger charge is -2.23. The Balaban J connectivity index is 1.66. The number of hydrogen-bond acceptors (Lipinski definition) is 4. The molecule has 2 aliphatic heterocycles. The van der Waals surface area contributed by atoms with E-state index in [4.69, 9.17) is 0 Å². The molecule has 1 aromatic rings. The van der Waals surface area contributed by atoms with E-state index in [1.54, 1.807) is 6.20 Å². The molecule has 3 rings (SSSR count). The monoisotopic (exact) mass is 367 g/mol. The van der Waals surface area contributed by atoms with Gasteiger partial charge in [-0.1, -0.05) is 0 Å². The number of aromatic nitrogens is 1. The number of likely N-dealkylation sites (tertiary alicyclic amines) is 1. The van der Waals surface area contributed by atoms with Gasteiger partial charge in [-0.05, 0) is 35.3 Å². The molecular formula is C15H22BrN5O. The first-order chi connectivity index (χ1) is 10.5. The number of carbonyl (C=O) groups is 1. The predicted molar refractivity (Wildman–Crippen MR) is 91.4 cm³/mol. The Morgan fingerprint density at radius 2 is 2.32 bits per heavy atom. The Bertz CT molecular complexity index is 571. The van der Waals surface area contributed by atoms with Gasteiger partial charge in [-0.3, -0.25) is 5.32 Å². The van der Waals surface area contributed by atoms with Gasteiger partial charge in [0.25, 0.3) is 0 Å². The molecule has 0 aromatic carbocycles. The van der Waals surface area contributed by atoms with Crippen LogP contribution in [0.2, 0.25) is 0 Å². The molecule has 3 heterocycles. The molecule has 1 unspecified atom stereocenters. The molecule has 2 fully saturated rings. The summed E-state index contributed by atoms with van der Waals surface area (Å²) in [4.78, 5) is 20.6. The predicted octanol–water partition coefficient (Wildman–Crippen LogP) is 2.13. The summed E-state index contributed by atoms with van der Waals surface area (Å²) < 4.78 is 0.910. The number of hydrogen-bond donors (Lipinski definition) is 2. The zero-order valence-electron chi connectivity index (χ0n) is 13.0. The van der Waals surface area contributed by atoms with Crippen LogP contribution in [0.3, 0.4) is 0 Å². The molecule has 1 atom stereocenters. The first-order valence-corrected chi connectivity index (χ1v) is 8.38. The van der Waals surface area contributed by atoms with Crippen molar-refractivity contribution in [2.24, 2.45) is 5.41 Å². The SMILES string of the molecule is CN(C)c1cc(NC(=O)N2CCC3(CCNC3)C2)ncc1Br. The van der Waals surface area contributed by atoms with E-state index < -0.39 is 0 Å². The Hall–Kier alpha value is -1.34. The number of anilines is 2. The zero-order valence-corrected chi connectivity index (χ0v) is 14.6. The molecule has 6 nitrogen and oxygen atoms in total. The second-order valence-corrected chi connectivity index (χ2v) is 7.30. The minimum atomic E-state index is -0.0525. The summed E-state index contributed by atoms with van der Waals surface area (Å²) in [5.41, 5.74) is 1.28. The van der Waals surface area contributed by atoms with Crippen molar-refractivity contribution in [1.29, 1.82) is 0 Å². The summed E-state index contributed by atoms with van der Waals surface area (Å²) in [6, 6.07) is 1.83. The summed E-state index contributed by atoms with van der Waals surface area (Å²) in [5, 5.41) is 6.33. The average molecular weight is 368 g/mol. The second-order valence-electron chi connectivity index (χ2n) is 6.44. The van der Waals surface area contributed by atoms with Crippen LogP contribution in [0.4, 0.5) is 16.3 Å². The smallest absolute Gasteiger partial charge is 0.323 e. The molecule has 0 radical (unpaired) electrons. The van der Waals surface area contributed by atoms with Crippen LogP contribution in [-0.2, 0) is 0 Å². The van der Waals surface area contributed by atoms with Crippen LogP contribution in [0.5, 0.6) is 0 Å². The van der Waals surface area contributed by atoms with Crippen molar-refractivity contribution in [1.82, 2.24) is 15.2 Å². The fourth-order valence-corrected chi connectivity index (χ4v) is 3.85. The number of carbonyl (C=O) groups excluding carboxylic acids is 1. The molecule has 2 saturated heterocycles. The van der Waals surface area contributed by atoms with Crippen LogP contribution in [0.15, 0.2) is 16.7 Å². The van der Waals surface area contributed by atoms with E-state index in [1.807, 2.05) is 30.0 Å². The summed E-state index contributed by atoms with van der Waals surface area (Å²) in [7, 11) is 3.92. The molecule has 1 spiro atoms. The van der Waals surface area contributed by atoms with Gasteiger partial charge in [0.05, 0.1) is 10.2 Å². The van der Waals surface area contributed by atoms with E-state index in [9.17, 15) is 4.79 Å². The third kappa shape index (κ3) is 3.05. The maximum atomic E-state index is 12.4. The maximum Gasteiger partial charge on any atom is 0.323 e. The van der Waals surface area contributed by atoms with Gasteiger partial charge in [-0.15, -0.1) is 0 Å². The van der Waals surface area contributed by atoms with E-state index in [-0.39, 0.29) is 6.03 Å². The van der Waals surface area contributed by atoms with Crippen molar-refractivity contribution in [2.45, 2.75) is 12.8 Å². The van der Waals surface area contributed by atoms with Gasteiger partial charge in [-0.25, -0.2) is 9.78 Å². The van der Waals surface area contributed by atoms with E-state index in [2.05, 4.69) is 31.5 Å². The Kier molecular flexibility index (Phi) is 4.27. The van der Waals surface area contributed by atoms with E-state index in [1.165, 1.54) is 0 Å². The summed E-state index contributed by atoms with van der Waals surface area (Å²) in [5.74, 6) is 0.586. The van der Waals surface area contributed by atoms with Crippen molar-refractivity contribution < 1.29 is 4.79 Å². The van der Waals surface area contributed by atoms with Crippen LogP contribution in [0.1, 0.15) is 12.8 Å². The molecule has 1 aromatic heterocycles. The Labute approximate surface area is 139 Å². The summed E-state index contributed by atoms with van der Waals surface area (Å²) >= 11 is 3.47. The number of rotatable bonds is 2. The largest absolute Gasteiger partial charge is 0.377 e. The first kappa shape index (κ1) is 15.6. The third-order valence-electron chi connectivity index (χ3n) is 4.61. The number of pyridine rings is 1. The van der Waals surface area contributed by atoms with Crippen molar-refractivity contribution in [3.8, 4) is 0 Å². The van der Waals surface area contributed by atoms with Gasteiger partial charge in [0, 0.05) is 51.4 Å². The molecule has 0 bridgehead atoms. The lowest BCUT2D eigenvalue weighted by Crippen LogP contribution is -2.36. The molecule has 2 amide bonds. The van der Waals surface area contributed by atoms with Gasteiger partial charge in [0.15, 0.2) is 0 Å². The van der Waals surface area contributed by atoms with Crippen LogP contribution >= 0.6 is 15.9 Å². The van der Waals surface area contributed by atoms with Crippen molar-refractivity contribution in [3.63, 3.8) is 0 Å². The van der Waals surface area contributed by atoms with Crippen molar-refractivity contribution in [3.05, 3.63) is 16.7 Å². The highest BCUT2D eigenvalue weighted by Crippen LogP contribution is 2.36. The minimum Gasteiger partial charge on any atom is -0.377 e. The van der Waals surface area contributed by atoms with E-state index in [0.717, 1.165) is 49.2 Å². The van der Waals surface area contributed by atoms with E-state index in [0.29, 0.717) is 11.2 Å². The number of halogens is 1. The fourth-order valence-electron chi connectivity index (χ4n) is 3.28. The molecule has 0 saturated carbocycles. The number of urea groups is 1. The van der Waals surface area contributed by atoms with Crippen molar-refractivity contribution in [2.75, 3.05) is 50.5 Å². The van der Waals surface area contributed by atoms with E-state index >= 15 is 0 Å². The van der Waals surface area contributed by atoms with Gasteiger partial charge < -0.3 is 15.1 Å². The lowest BCUT2D eigenvalue weighted by atomic mass is 9.87. The lowest BCUT2D eigenvalue weighted by molar-refractivity contribution is 0.215. The molecule has 0 aliphatic carbocycles. The van der Waals surface area contributed by atoms with Crippen LogP contribution in [-0.4, -0.2) is 56.2 Å². The van der Waals surface area contributed by atoms with Gasteiger partial charge in [0.2, 0.25) is 0 Å². The minimum absolute atomic E-state index is 0.0525. The first-order valence-electron chi connectivity index (χ1n) is 7.59. The second kappa shape index (κ2) is 6.04. The zero-order chi connectivity index (χ0) is 15.7. The van der Waals surface area contributed by atoms with Crippen LogP contribution in [0.25, 0.3) is 0 Å². The highest BCUT2D eigenvalue weighted by atomic mass is 79.9. The number of nitrogens with zero attached hydrogens (tertiary/aromatic N) is 3. The molecule has 2 N–H and O–H groups in total. The summed E-state index contributed by atoms with van der Waals surface area (Å²) in [6.45, 7) is 3.75. The molecule has 7 heteroatoms. The average Bonchev–Trinajstić information content (AvgIpc) is 3.11. The topological polar surface area (TPSA) is 60.5 Å². The quantitative estimate of drug-likeness (QED) is 0.840. The fraction of sp³-hybridized carbons (Fsp3) is 0.600. The Morgan fingerprint density at radius 3 is 3.00 bits per heavy atom. The highest BCUT2D eigenvalue weighted by Gasteiger charge is 2.41. The molecule has 22 heavy (non-hydrogen) atoms. The maximum absolute atomic E-state index is 12.4.